The summed E-state index contributed by atoms with van der Waals surface area (Å²) >= 11 is 0. The highest BCUT2D eigenvalue weighted by atomic mass is 16.5. The highest BCUT2D eigenvalue weighted by Crippen LogP contribution is 2.35. The maximum atomic E-state index is 11.3. The second-order valence-electron chi connectivity index (χ2n) is 3.49. The van der Waals surface area contributed by atoms with Crippen LogP contribution in [-0.2, 0) is 4.79 Å². The molecule has 4 nitrogen and oxygen atoms in total. The third-order valence-corrected chi connectivity index (χ3v) is 2.78. The van der Waals surface area contributed by atoms with Gasteiger partial charge in [-0.3, -0.25) is 10.0 Å². The lowest BCUT2D eigenvalue weighted by Gasteiger charge is -2.33. The third kappa shape index (κ3) is 1.59. The summed E-state index contributed by atoms with van der Waals surface area (Å²) in [6.07, 6.45) is 4.83. The first kappa shape index (κ1) is 9.48. The Bertz CT molecular complexity index is 164. The van der Waals surface area contributed by atoms with Gasteiger partial charge in [0.1, 0.15) is 0 Å². The van der Waals surface area contributed by atoms with E-state index in [2.05, 4.69) is 0 Å². The van der Waals surface area contributed by atoms with Crippen molar-refractivity contribution in [1.82, 2.24) is 5.48 Å². The number of carbonyl (C=O) groups excluding carboxylic acids is 1. The fourth-order valence-electron chi connectivity index (χ4n) is 1.87. The van der Waals surface area contributed by atoms with Crippen LogP contribution >= 0.6 is 0 Å². The summed E-state index contributed by atoms with van der Waals surface area (Å²) in [4.78, 5) is 11.3. The van der Waals surface area contributed by atoms with Gasteiger partial charge in [0.05, 0.1) is 5.41 Å². The molecule has 0 atom stereocenters. The number of nitrogens with one attached hydrogen (secondary N) is 1. The Labute approximate surface area is 72.1 Å². The summed E-state index contributed by atoms with van der Waals surface area (Å²) < 4.78 is 0. The van der Waals surface area contributed by atoms with Gasteiger partial charge in [-0.1, -0.05) is 19.3 Å². The second kappa shape index (κ2) is 3.87. The average Bonchev–Trinajstić information content (AvgIpc) is 2.17. The Hall–Kier alpha value is -0.610. The van der Waals surface area contributed by atoms with Gasteiger partial charge < -0.3 is 5.73 Å². The van der Waals surface area contributed by atoms with Crippen molar-refractivity contribution in [3.63, 3.8) is 0 Å². The largest absolute Gasteiger partial charge is 0.329 e. The monoisotopic (exact) mass is 172 g/mol. The smallest absolute Gasteiger partial charge is 0.250 e. The van der Waals surface area contributed by atoms with Gasteiger partial charge in [0.2, 0.25) is 0 Å². The summed E-state index contributed by atoms with van der Waals surface area (Å²) in [6, 6.07) is 0. The van der Waals surface area contributed by atoms with Crippen LogP contribution in [0, 0.1) is 5.41 Å². The first-order valence-corrected chi connectivity index (χ1v) is 4.40. The van der Waals surface area contributed by atoms with Crippen LogP contribution in [0.4, 0.5) is 0 Å². The molecule has 1 fully saturated rings. The molecule has 0 bridgehead atoms. The Morgan fingerprint density at radius 2 is 2.00 bits per heavy atom. The van der Waals surface area contributed by atoms with Gasteiger partial charge in [0.25, 0.3) is 5.91 Å². The molecule has 0 radical (unpaired) electrons. The van der Waals surface area contributed by atoms with E-state index in [4.69, 9.17) is 10.9 Å². The number of rotatable bonds is 2. The predicted octanol–water partition coefficient (Wildman–Crippen LogP) is 0.401. The van der Waals surface area contributed by atoms with E-state index in [1.807, 2.05) is 0 Å². The maximum Gasteiger partial charge on any atom is 0.250 e. The van der Waals surface area contributed by atoms with Gasteiger partial charge in [0, 0.05) is 6.54 Å². The minimum absolute atomic E-state index is 0.315. The lowest BCUT2D eigenvalue weighted by molar-refractivity contribution is -0.141. The summed E-state index contributed by atoms with van der Waals surface area (Å²) in [5, 5.41) is 8.53. The summed E-state index contributed by atoms with van der Waals surface area (Å²) in [7, 11) is 0. The summed E-state index contributed by atoms with van der Waals surface area (Å²) in [5.74, 6) is -0.315. The van der Waals surface area contributed by atoms with Crippen molar-refractivity contribution in [2.45, 2.75) is 32.1 Å². The molecule has 4 heteroatoms. The van der Waals surface area contributed by atoms with Crippen LogP contribution in [0.5, 0.6) is 0 Å². The minimum Gasteiger partial charge on any atom is -0.329 e. The molecule has 4 N–H and O–H groups in total. The van der Waals surface area contributed by atoms with Crippen molar-refractivity contribution in [3.8, 4) is 0 Å². The normalized spacial score (nSPS) is 21.8. The first-order chi connectivity index (χ1) is 5.75. The SMILES string of the molecule is NCC1(C(=O)NO)CCCCC1. The first-order valence-electron chi connectivity index (χ1n) is 4.40. The number of hydrogen-bond acceptors (Lipinski definition) is 3. The predicted molar refractivity (Wildman–Crippen MR) is 44.5 cm³/mol. The molecule has 0 aromatic heterocycles. The number of nitrogens with two attached hydrogens (primary N) is 1. The standard InChI is InChI=1S/C8H16N2O2/c9-6-8(7(11)10-12)4-2-1-3-5-8/h12H,1-6,9H2,(H,10,11). The van der Waals surface area contributed by atoms with Crippen molar-refractivity contribution in [2.75, 3.05) is 6.54 Å². The molecule has 0 saturated heterocycles. The Morgan fingerprint density at radius 1 is 1.42 bits per heavy atom. The molecular formula is C8H16N2O2. The molecule has 0 aromatic rings. The molecule has 1 aliphatic rings. The van der Waals surface area contributed by atoms with E-state index >= 15 is 0 Å². The van der Waals surface area contributed by atoms with Gasteiger partial charge in [-0.15, -0.1) is 0 Å². The van der Waals surface area contributed by atoms with E-state index in [-0.39, 0.29) is 5.91 Å². The fourth-order valence-corrected chi connectivity index (χ4v) is 1.87. The van der Waals surface area contributed by atoms with Crippen LogP contribution in [-0.4, -0.2) is 17.7 Å². The fraction of sp³-hybridized carbons (Fsp3) is 0.875. The molecule has 0 unspecified atom stereocenters. The lowest BCUT2D eigenvalue weighted by Crippen LogP contribution is -2.46. The van der Waals surface area contributed by atoms with Gasteiger partial charge in [-0.05, 0) is 12.8 Å². The van der Waals surface area contributed by atoms with Gasteiger partial charge in [-0.2, -0.15) is 0 Å². The van der Waals surface area contributed by atoms with Gasteiger partial charge in [-0.25, -0.2) is 5.48 Å². The number of carbonyl (C=O) groups is 1. The van der Waals surface area contributed by atoms with E-state index in [1.54, 1.807) is 5.48 Å². The van der Waals surface area contributed by atoms with Crippen molar-refractivity contribution in [3.05, 3.63) is 0 Å². The zero-order valence-electron chi connectivity index (χ0n) is 7.18. The zero-order valence-corrected chi connectivity index (χ0v) is 7.18. The molecular weight excluding hydrogens is 156 g/mol. The Kier molecular flexibility index (Phi) is 3.05. The summed E-state index contributed by atoms with van der Waals surface area (Å²) in [6.45, 7) is 0.333. The van der Waals surface area contributed by atoms with E-state index in [0.717, 1.165) is 25.7 Å². The topological polar surface area (TPSA) is 75.4 Å². The molecule has 12 heavy (non-hydrogen) atoms. The van der Waals surface area contributed by atoms with Crippen molar-refractivity contribution in [2.24, 2.45) is 11.1 Å². The van der Waals surface area contributed by atoms with Crippen LogP contribution < -0.4 is 11.2 Å². The zero-order chi connectivity index (χ0) is 9.03. The van der Waals surface area contributed by atoms with Crippen molar-refractivity contribution in [1.29, 1.82) is 0 Å². The highest BCUT2D eigenvalue weighted by molar-refractivity contribution is 5.81. The molecule has 1 rings (SSSR count). The molecule has 0 aromatic carbocycles. The number of hydrogen-bond donors (Lipinski definition) is 3. The lowest BCUT2D eigenvalue weighted by atomic mass is 9.73. The molecule has 0 spiro atoms. The number of hydroxylamine groups is 1. The maximum absolute atomic E-state index is 11.3. The molecule has 0 heterocycles. The van der Waals surface area contributed by atoms with E-state index < -0.39 is 5.41 Å². The third-order valence-electron chi connectivity index (χ3n) is 2.78. The van der Waals surface area contributed by atoms with Gasteiger partial charge >= 0.3 is 0 Å². The summed E-state index contributed by atoms with van der Waals surface area (Å²) in [5.41, 5.74) is 6.76. The highest BCUT2D eigenvalue weighted by Gasteiger charge is 2.37. The molecule has 1 saturated carbocycles. The van der Waals surface area contributed by atoms with E-state index in [9.17, 15) is 4.79 Å². The number of amides is 1. The van der Waals surface area contributed by atoms with E-state index in [1.165, 1.54) is 6.42 Å². The van der Waals surface area contributed by atoms with Gasteiger partial charge in [0.15, 0.2) is 0 Å². The van der Waals surface area contributed by atoms with Crippen LogP contribution in [0.2, 0.25) is 0 Å². The molecule has 0 aliphatic heterocycles. The average molecular weight is 172 g/mol. The van der Waals surface area contributed by atoms with Crippen LogP contribution in [0.1, 0.15) is 32.1 Å². The Balaban J connectivity index is 2.66. The quantitative estimate of drug-likeness (QED) is 0.417. The minimum atomic E-state index is -0.493. The van der Waals surface area contributed by atoms with Crippen LogP contribution in [0.3, 0.4) is 0 Å². The van der Waals surface area contributed by atoms with Crippen LogP contribution in [0.25, 0.3) is 0 Å². The van der Waals surface area contributed by atoms with Crippen molar-refractivity contribution >= 4 is 5.91 Å². The molecule has 1 amide bonds. The second-order valence-corrected chi connectivity index (χ2v) is 3.49. The van der Waals surface area contributed by atoms with Crippen molar-refractivity contribution < 1.29 is 10.0 Å². The Morgan fingerprint density at radius 3 is 2.42 bits per heavy atom. The van der Waals surface area contributed by atoms with E-state index in [0.29, 0.717) is 6.54 Å². The molecule has 70 valence electrons. The molecule has 1 aliphatic carbocycles. The van der Waals surface area contributed by atoms with Crippen LogP contribution in [0.15, 0.2) is 0 Å².